The van der Waals surface area contributed by atoms with Crippen molar-refractivity contribution in [3.8, 4) is 11.5 Å². The first-order valence-corrected chi connectivity index (χ1v) is 4.14. The molecule has 2 aliphatic heterocycles. The van der Waals surface area contributed by atoms with Crippen LogP contribution in [0.25, 0.3) is 11.5 Å². The van der Waals surface area contributed by atoms with E-state index in [1.165, 1.54) is 0 Å². The molecule has 0 fully saturated rings. The van der Waals surface area contributed by atoms with Crippen LogP contribution in [-0.4, -0.2) is 26.8 Å². The molecule has 5 heteroatoms. The van der Waals surface area contributed by atoms with E-state index in [0.29, 0.717) is 0 Å². The van der Waals surface area contributed by atoms with Crippen molar-refractivity contribution in [1.29, 1.82) is 0 Å². The van der Waals surface area contributed by atoms with Crippen LogP contribution < -0.4 is 0 Å². The highest BCUT2D eigenvalue weighted by molar-refractivity contribution is 5.61. The molecule has 0 atom stereocenters. The number of fused-ring (bicyclic) bond motifs is 1. The van der Waals surface area contributed by atoms with Crippen LogP contribution in [0.2, 0.25) is 0 Å². The highest BCUT2D eigenvalue weighted by atomic mass is 16.7. The first kappa shape index (κ1) is 10.4. The molecule has 0 unspecified atom stereocenters. The zero-order valence-corrected chi connectivity index (χ0v) is 8.31. The van der Waals surface area contributed by atoms with Crippen molar-refractivity contribution in [1.82, 2.24) is 9.97 Å². The fourth-order valence-corrected chi connectivity index (χ4v) is 0.733. The van der Waals surface area contributed by atoms with Gasteiger partial charge in [0.2, 0.25) is 0 Å². The summed E-state index contributed by atoms with van der Waals surface area (Å²) in [5.74, 6) is 0.926. The van der Waals surface area contributed by atoms with Crippen LogP contribution >= 0.6 is 0 Å². The molecule has 0 spiro atoms. The largest absolute Gasteiger partial charge is 0.506 e. The molecule has 0 aromatic carbocycles. The van der Waals surface area contributed by atoms with E-state index in [4.69, 9.17) is 5.11 Å². The minimum Gasteiger partial charge on any atom is -0.450 e. The van der Waals surface area contributed by atoms with Crippen LogP contribution in [0.15, 0.2) is 12.3 Å². The predicted molar refractivity (Wildman–Crippen MR) is 49.9 cm³/mol. The highest BCUT2D eigenvalue weighted by Crippen LogP contribution is 2.21. The number of hydrogen-bond acceptors (Lipinski definition) is 4. The smallest absolute Gasteiger partial charge is 0.450 e. The van der Waals surface area contributed by atoms with Gasteiger partial charge in [0.1, 0.15) is 11.3 Å². The number of carboxylic acid groups (broad SMARTS) is 1. The fraction of sp³-hybridized carbons (Fsp3) is 0.444. The summed E-state index contributed by atoms with van der Waals surface area (Å²) in [4.78, 5) is 17.5. The quantitative estimate of drug-likeness (QED) is 0.652. The first-order chi connectivity index (χ1) is 6.38. The zero-order chi connectivity index (χ0) is 10.8. The summed E-state index contributed by atoms with van der Waals surface area (Å²) in [6.07, 6.45) is 0.537. The lowest BCUT2D eigenvalue weighted by atomic mass is 10.2. The third kappa shape index (κ3) is 3.84. The maximum absolute atomic E-state index is 9.79. The third-order valence-electron chi connectivity index (χ3n) is 1.23. The molecule has 2 heterocycles. The molecule has 0 aliphatic carbocycles. The Morgan fingerprint density at radius 3 is 2.21 bits per heavy atom. The maximum Gasteiger partial charge on any atom is 0.506 e. The van der Waals surface area contributed by atoms with Gasteiger partial charge in [0.25, 0.3) is 0 Å². The van der Waals surface area contributed by atoms with Crippen molar-refractivity contribution < 1.29 is 14.6 Å². The Balaban J connectivity index is 0.000000143. The van der Waals surface area contributed by atoms with Gasteiger partial charge in [0.05, 0.1) is 0 Å². The minimum absolute atomic E-state index is 0.578. The molecular formula is C9H12N2O3. The summed E-state index contributed by atoms with van der Waals surface area (Å²) in [7, 11) is 0. The molecule has 0 saturated heterocycles. The van der Waals surface area contributed by atoms with Crippen LogP contribution in [0.4, 0.5) is 4.79 Å². The molecule has 0 aromatic rings. The molecule has 0 amide bonds. The van der Waals surface area contributed by atoms with Crippen LogP contribution in [0, 0.1) is 0 Å². The molecule has 1 N–H and O–H groups in total. The molecule has 2 rings (SSSR count). The molecule has 76 valence electrons. The van der Waals surface area contributed by atoms with E-state index >= 15 is 0 Å². The van der Waals surface area contributed by atoms with Gasteiger partial charge in [-0.05, 0) is 26.8 Å². The standard InChI is InChI=1S/C5H10O3.C4H2N2/c1-5(2,3)8-4(6)7;1-2-5-4-3(1)6-4/h1-3H3,(H,6,7);1-2H. The Labute approximate surface area is 81.8 Å². The van der Waals surface area contributed by atoms with Gasteiger partial charge in [-0.2, -0.15) is 0 Å². The lowest BCUT2D eigenvalue weighted by molar-refractivity contribution is 0.0150. The molecular weight excluding hydrogens is 184 g/mol. The molecule has 14 heavy (non-hydrogen) atoms. The average molecular weight is 196 g/mol. The van der Waals surface area contributed by atoms with Gasteiger partial charge in [-0.3, -0.25) is 0 Å². The van der Waals surface area contributed by atoms with Gasteiger partial charge < -0.3 is 9.84 Å². The van der Waals surface area contributed by atoms with E-state index in [1.54, 1.807) is 27.0 Å². The number of rotatable bonds is 0. The van der Waals surface area contributed by atoms with Crippen LogP contribution in [-0.2, 0) is 4.74 Å². The molecule has 2 aliphatic rings. The number of hydrogen-bond donors (Lipinski definition) is 1. The Bertz CT molecular complexity index is 327. The summed E-state index contributed by atoms with van der Waals surface area (Å²) < 4.78 is 4.35. The summed E-state index contributed by atoms with van der Waals surface area (Å²) in [6, 6.07) is 1.90. The van der Waals surface area contributed by atoms with Crippen LogP contribution in [0.3, 0.4) is 0 Å². The SMILES string of the molecule is CC(C)(C)OC(=O)O.c1cc2nc-2n1. The van der Waals surface area contributed by atoms with Crippen molar-refractivity contribution in [2.75, 3.05) is 0 Å². The topological polar surface area (TPSA) is 72.3 Å². The van der Waals surface area contributed by atoms with Gasteiger partial charge in [-0.1, -0.05) is 0 Å². The second-order valence-corrected chi connectivity index (χ2v) is 3.75. The maximum atomic E-state index is 9.79. The van der Waals surface area contributed by atoms with E-state index in [9.17, 15) is 4.79 Å². The van der Waals surface area contributed by atoms with E-state index in [1.807, 2.05) is 6.07 Å². The minimum atomic E-state index is -1.22. The van der Waals surface area contributed by atoms with Crippen molar-refractivity contribution in [3.63, 3.8) is 0 Å². The Hall–Kier alpha value is -1.65. The molecule has 0 aromatic heterocycles. The normalized spacial score (nSPS) is 11.1. The Kier molecular flexibility index (Phi) is 2.69. The van der Waals surface area contributed by atoms with E-state index in [0.717, 1.165) is 11.5 Å². The van der Waals surface area contributed by atoms with Crippen molar-refractivity contribution in [3.05, 3.63) is 12.3 Å². The van der Waals surface area contributed by atoms with Gasteiger partial charge in [0.15, 0.2) is 5.82 Å². The third-order valence-corrected chi connectivity index (χ3v) is 1.23. The summed E-state index contributed by atoms with van der Waals surface area (Å²) >= 11 is 0. The number of carbonyl (C=O) groups is 1. The Morgan fingerprint density at radius 1 is 1.50 bits per heavy atom. The fourth-order valence-electron chi connectivity index (χ4n) is 0.733. The lowest BCUT2D eigenvalue weighted by Crippen LogP contribution is -2.22. The summed E-state index contributed by atoms with van der Waals surface area (Å²) in [6.45, 7) is 5.04. The van der Waals surface area contributed by atoms with Gasteiger partial charge in [-0.25, -0.2) is 14.8 Å². The Morgan fingerprint density at radius 2 is 2.14 bits per heavy atom. The van der Waals surface area contributed by atoms with Crippen LogP contribution in [0.1, 0.15) is 20.8 Å². The van der Waals surface area contributed by atoms with E-state index < -0.39 is 11.8 Å². The summed E-state index contributed by atoms with van der Waals surface area (Å²) in [5, 5.41) is 8.03. The van der Waals surface area contributed by atoms with E-state index in [2.05, 4.69) is 14.7 Å². The summed E-state index contributed by atoms with van der Waals surface area (Å²) in [5.41, 5.74) is 0.487. The van der Waals surface area contributed by atoms with Crippen molar-refractivity contribution in [2.45, 2.75) is 26.4 Å². The molecule has 5 nitrogen and oxygen atoms in total. The predicted octanol–water partition coefficient (Wildman–Crippen LogP) is 1.94. The first-order valence-electron chi connectivity index (χ1n) is 4.14. The van der Waals surface area contributed by atoms with Crippen molar-refractivity contribution in [2.24, 2.45) is 0 Å². The lowest BCUT2D eigenvalue weighted by Gasteiger charge is -2.15. The monoisotopic (exact) mass is 196 g/mol. The number of ether oxygens (including phenoxy) is 1. The highest BCUT2D eigenvalue weighted by Gasteiger charge is 2.14. The number of aromatic nitrogens is 2. The molecule has 0 bridgehead atoms. The second kappa shape index (κ2) is 3.61. The van der Waals surface area contributed by atoms with Crippen molar-refractivity contribution >= 4 is 6.16 Å². The van der Waals surface area contributed by atoms with Gasteiger partial charge in [0, 0.05) is 6.20 Å². The average Bonchev–Trinajstić information content (AvgIpc) is 2.55. The van der Waals surface area contributed by atoms with E-state index in [-0.39, 0.29) is 0 Å². The number of nitrogens with zero attached hydrogens (tertiary/aromatic N) is 2. The molecule has 0 radical (unpaired) electrons. The van der Waals surface area contributed by atoms with Gasteiger partial charge >= 0.3 is 6.16 Å². The molecule has 0 saturated carbocycles. The zero-order valence-electron chi connectivity index (χ0n) is 8.31. The second-order valence-electron chi connectivity index (χ2n) is 3.75. The van der Waals surface area contributed by atoms with Crippen LogP contribution in [0.5, 0.6) is 0 Å². The van der Waals surface area contributed by atoms with Gasteiger partial charge in [-0.15, -0.1) is 0 Å².